The number of hydrogen-bond donors (Lipinski definition) is 1. The molecule has 1 atom stereocenters. The van der Waals surface area contributed by atoms with E-state index >= 15 is 0 Å². The van der Waals surface area contributed by atoms with Crippen molar-refractivity contribution in [1.82, 2.24) is 0 Å². The quantitative estimate of drug-likeness (QED) is 0.794. The first-order chi connectivity index (χ1) is 7.58. The maximum absolute atomic E-state index is 11.9. The van der Waals surface area contributed by atoms with Crippen LogP contribution in [0.5, 0.6) is 0 Å². The predicted molar refractivity (Wildman–Crippen MR) is 59.2 cm³/mol. The number of hydroxylamine groups is 2. The first-order valence-electron chi connectivity index (χ1n) is 5.44. The summed E-state index contributed by atoms with van der Waals surface area (Å²) in [6, 6.07) is 6.71. The third kappa shape index (κ3) is 2.68. The molecule has 0 aromatic heterocycles. The fourth-order valence-electron chi connectivity index (χ4n) is 1.76. The Balaban J connectivity index is 2.11. The summed E-state index contributed by atoms with van der Waals surface area (Å²) in [5, 5.41) is 0.695. The van der Waals surface area contributed by atoms with Gasteiger partial charge in [0.15, 0.2) is 0 Å². The van der Waals surface area contributed by atoms with Gasteiger partial charge in [-0.15, -0.1) is 5.06 Å². The van der Waals surface area contributed by atoms with Crippen LogP contribution in [0.2, 0.25) is 0 Å². The largest absolute Gasteiger partial charge is 0.482 e. The lowest BCUT2D eigenvalue weighted by Gasteiger charge is -2.05. The second-order valence-corrected chi connectivity index (χ2v) is 5.64. The molecule has 0 bridgehead atoms. The lowest BCUT2D eigenvalue weighted by Crippen LogP contribution is -3.09. The van der Waals surface area contributed by atoms with Gasteiger partial charge in [-0.25, -0.2) is 0 Å². The molecule has 0 amide bonds. The summed E-state index contributed by atoms with van der Waals surface area (Å²) in [6.07, 6.45) is 2.05. The fraction of sp³-hybridized carbons (Fsp3) is 0.455. The number of benzene rings is 1. The minimum Gasteiger partial charge on any atom is -0.137 e. The predicted octanol–water partition coefficient (Wildman–Crippen LogP) is 0.724. The molecule has 0 aliphatic carbocycles. The van der Waals surface area contributed by atoms with E-state index in [-0.39, 0.29) is 4.90 Å². The van der Waals surface area contributed by atoms with Crippen molar-refractivity contribution in [3.8, 4) is 0 Å². The van der Waals surface area contributed by atoms with Crippen LogP contribution in [-0.2, 0) is 23.5 Å². The van der Waals surface area contributed by atoms with E-state index in [0.717, 1.165) is 31.5 Å². The van der Waals surface area contributed by atoms with Crippen molar-refractivity contribution in [2.45, 2.75) is 24.7 Å². The smallest absolute Gasteiger partial charge is 0.137 e. The molecule has 1 aliphatic heterocycles. The number of rotatable bonds is 3. The van der Waals surface area contributed by atoms with Gasteiger partial charge in [0.2, 0.25) is 4.90 Å². The van der Waals surface area contributed by atoms with Gasteiger partial charge >= 0.3 is 10.5 Å². The number of nitrogens with one attached hydrogen (secondary N) is 1. The van der Waals surface area contributed by atoms with E-state index in [2.05, 4.69) is 0 Å². The van der Waals surface area contributed by atoms with Crippen molar-refractivity contribution in [3.63, 3.8) is 0 Å². The van der Waals surface area contributed by atoms with E-state index in [1.807, 2.05) is 6.92 Å². The Morgan fingerprint density at radius 1 is 1.19 bits per heavy atom. The molecule has 5 heteroatoms. The molecule has 4 nitrogen and oxygen atoms in total. The van der Waals surface area contributed by atoms with Crippen molar-refractivity contribution >= 4 is 10.5 Å². The Morgan fingerprint density at radius 2 is 1.75 bits per heavy atom. The highest BCUT2D eigenvalue weighted by Gasteiger charge is 2.42. The van der Waals surface area contributed by atoms with E-state index in [0.29, 0.717) is 5.06 Å². The van der Waals surface area contributed by atoms with Gasteiger partial charge in [-0.3, -0.25) is 0 Å². The Labute approximate surface area is 96.6 Å². The van der Waals surface area contributed by atoms with E-state index < -0.39 is 10.5 Å². The summed E-state index contributed by atoms with van der Waals surface area (Å²) in [5.74, 6) is 0. The zero-order chi connectivity index (χ0) is 11.6. The van der Waals surface area contributed by atoms with Crippen LogP contribution in [0, 0.1) is 6.92 Å². The number of quaternary nitrogens is 1. The number of aryl methyl sites for hydroxylation is 1. The topological polar surface area (TPSA) is 50.6 Å². The van der Waals surface area contributed by atoms with Gasteiger partial charge in [-0.05, 0) is 11.1 Å². The summed E-state index contributed by atoms with van der Waals surface area (Å²) in [4.78, 5) is 0.234. The molecule has 1 N–H and O–H groups in total. The van der Waals surface area contributed by atoms with Crippen LogP contribution in [0.3, 0.4) is 0 Å². The average molecular weight is 242 g/mol. The molecule has 2 rings (SSSR count). The molecule has 87 valence electrons. The lowest BCUT2D eigenvalue weighted by atomic mass is 10.2. The first-order valence-corrected chi connectivity index (χ1v) is 6.84. The van der Waals surface area contributed by atoms with Gasteiger partial charge in [0.05, 0.1) is 8.84 Å². The molecular formula is C11H16NO3S+2. The maximum Gasteiger partial charge on any atom is 0.482 e. The van der Waals surface area contributed by atoms with Crippen LogP contribution < -0.4 is 5.06 Å². The van der Waals surface area contributed by atoms with Crippen LogP contribution in [0.15, 0.2) is 29.2 Å². The summed E-state index contributed by atoms with van der Waals surface area (Å²) < 4.78 is 28.8. The molecule has 1 heterocycles. The Morgan fingerprint density at radius 3 is 2.31 bits per heavy atom. The SMILES string of the molecule is Cc1ccc([S+]([O])(=O)O[NH+]2CCCC2)cc1. The Hall–Kier alpha value is -0.750. The highest BCUT2D eigenvalue weighted by molar-refractivity contribution is 7.92. The molecular weight excluding hydrogens is 226 g/mol. The third-order valence-corrected chi connectivity index (χ3v) is 4.00. The maximum atomic E-state index is 11.9. The lowest BCUT2D eigenvalue weighted by molar-refractivity contribution is -1.06. The highest BCUT2D eigenvalue weighted by Crippen LogP contribution is 2.17. The van der Waals surface area contributed by atoms with Crippen molar-refractivity contribution in [1.29, 1.82) is 0 Å². The van der Waals surface area contributed by atoms with Crippen LogP contribution in [0.4, 0.5) is 0 Å². The molecule has 1 radical (unpaired) electrons. The monoisotopic (exact) mass is 242 g/mol. The molecule has 0 saturated carbocycles. The molecule has 16 heavy (non-hydrogen) atoms. The Kier molecular flexibility index (Phi) is 3.39. The van der Waals surface area contributed by atoms with Gasteiger partial charge < -0.3 is 0 Å². The fourth-order valence-corrected chi connectivity index (χ4v) is 2.80. The standard InChI is InChI=1S/C11H15NO3S/c1-10-4-6-11(7-5-10)16(13,14)15-12-8-2-3-9-12/h4-7H,2-3,8-9H2,1H3/q+1/p+1. The Bertz CT molecular complexity index is 398. The summed E-state index contributed by atoms with van der Waals surface area (Å²) >= 11 is 0. The van der Waals surface area contributed by atoms with Gasteiger partial charge in [-0.2, -0.15) is 0 Å². The van der Waals surface area contributed by atoms with Crippen LogP contribution in [-0.4, -0.2) is 13.1 Å². The summed E-state index contributed by atoms with van der Waals surface area (Å²) in [5.41, 5.74) is 1.03. The number of hydrogen-bond acceptors (Lipinski definition) is 2. The zero-order valence-corrected chi connectivity index (χ0v) is 10.1. The summed E-state index contributed by atoms with van der Waals surface area (Å²) in [6.45, 7) is 3.46. The minimum absolute atomic E-state index is 0.234. The van der Waals surface area contributed by atoms with Gasteiger partial charge in [-0.1, -0.05) is 17.7 Å². The van der Waals surface area contributed by atoms with E-state index in [1.54, 1.807) is 24.3 Å². The molecule has 1 aromatic rings. The third-order valence-electron chi connectivity index (χ3n) is 2.70. The van der Waals surface area contributed by atoms with Crippen molar-refractivity contribution in [2.24, 2.45) is 0 Å². The molecule has 1 saturated heterocycles. The van der Waals surface area contributed by atoms with Crippen LogP contribution >= 0.6 is 0 Å². The van der Waals surface area contributed by atoms with Gasteiger partial charge in [0.1, 0.15) is 13.1 Å². The van der Waals surface area contributed by atoms with E-state index in [1.165, 1.54) is 0 Å². The van der Waals surface area contributed by atoms with Crippen molar-refractivity contribution < 1.29 is 18.1 Å². The second-order valence-electron chi connectivity index (χ2n) is 4.10. The van der Waals surface area contributed by atoms with Crippen molar-refractivity contribution in [2.75, 3.05) is 13.1 Å². The van der Waals surface area contributed by atoms with Crippen LogP contribution in [0.1, 0.15) is 18.4 Å². The van der Waals surface area contributed by atoms with Gasteiger partial charge in [0.25, 0.3) is 0 Å². The van der Waals surface area contributed by atoms with E-state index in [9.17, 15) is 8.76 Å². The highest BCUT2D eigenvalue weighted by atomic mass is 32.3. The summed E-state index contributed by atoms with van der Waals surface area (Å²) in [7, 11) is -3.60. The molecule has 1 fully saturated rings. The average Bonchev–Trinajstić information content (AvgIpc) is 2.70. The zero-order valence-electron chi connectivity index (χ0n) is 9.27. The molecule has 1 aromatic carbocycles. The van der Waals surface area contributed by atoms with E-state index in [4.69, 9.17) is 4.28 Å². The molecule has 1 aliphatic rings. The minimum atomic E-state index is -3.60. The van der Waals surface area contributed by atoms with Crippen LogP contribution in [0.25, 0.3) is 0 Å². The van der Waals surface area contributed by atoms with Crippen molar-refractivity contribution in [3.05, 3.63) is 29.8 Å². The molecule has 1 unspecified atom stereocenters. The van der Waals surface area contributed by atoms with Gasteiger partial charge in [0, 0.05) is 25.0 Å². The normalized spacial score (nSPS) is 20.9. The molecule has 0 spiro atoms. The first kappa shape index (κ1) is 11.7. The second kappa shape index (κ2) is 4.63.